The second kappa shape index (κ2) is 3.72. The summed E-state index contributed by atoms with van der Waals surface area (Å²) in [6.45, 7) is 3.12. The maximum atomic E-state index is 13.2. The van der Waals surface area contributed by atoms with Gasteiger partial charge in [0, 0.05) is 5.69 Å². The molecule has 0 unspecified atom stereocenters. The minimum Gasteiger partial charge on any atom is -0.399 e. The molecule has 0 radical (unpaired) electrons. The van der Waals surface area contributed by atoms with Gasteiger partial charge in [0.25, 0.3) is 0 Å². The average molecular weight is 221 g/mol. The van der Waals surface area contributed by atoms with Crippen molar-refractivity contribution < 1.29 is 17.6 Å². The van der Waals surface area contributed by atoms with Gasteiger partial charge in [-0.15, -0.1) is 0 Å². The van der Waals surface area contributed by atoms with Crippen LogP contribution in [0.5, 0.6) is 0 Å². The highest BCUT2D eigenvalue weighted by atomic mass is 19.4. The molecule has 5 heteroatoms. The van der Waals surface area contributed by atoms with Crippen molar-refractivity contribution in [1.29, 1.82) is 0 Å². The number of anilines is 1. The first kappa shape index (κ1) is 11.8. The van der Waals surface area contributed by atoms with Gasteiger partial charge in [0.05, 0.1) is 5.56 Å². The number of hydrogen-bond donors (Lipinski definition) is 1. The molecule has 0 aliphatic rings. The van der Waals surface area contributed by atoms with Crippen molar-refractivity contribution in [3.63, 3.8) is 0 Å². The fraction of sp³-hybridized carbons (Fsp3) is 0.400. The largest absolute Gasteiger partial charge is 0.419 e. The average Bonchev–Trinajstić information content (AvgIpc) is 1.99. The SMILES string of the molecule is CC(C)c1cc(N)cc(F)c1C(F)(F)F. The molecule has 0 heterocycles. The van der Waals surface area contributed by atoms with Crippen LogP contribution in [0.4, 0.5) is 23.2 Å². The number of hydrogen-bond acceptors (Lipinski definition) is 1. The number of nitrogens with two attached hydrogens (primary N) is 1. The van der Waals surface area contributed by atoms with Crippen LogP contribution in [0.1, 0.15) is 30.9 Å². The van der Waals surface area contributed by atoms with E-state index in [1.54, 1.807) is 13.8 Å². The summed E-state index contributed by atoms with van der Waals surface area (Å²) in [7, 11) is 0. The lowest BCUT2D eigenvalue weighted by Gasteiger charge is -2.16. The van der Waals surface area contributed by atoms with Crippen LogP contribution in [0.2, 0.25) is 0 Å². The molecular formula is C10H11F4N. The van der Waals surface area contributed by atoms with Crippen molar-refractivity contribution in [3.05, 3.63) is 29.1 Å². The summed E-state index contributed by atoms with van der Waals surface area (Å²) in [4.78, 5) is 0. The summed E-state index contributed by atoms with van der Waals surface area (Å²) in [5.41, 5.74) is 3.98. The van der Waals surface area contributed by atoms with Gasteiger partial charge in [-0.2, -0.15) is 13.2 Å². The van der Waals surface area contributed by atoms with Crippen LogP contribution in [-0.2, 0) is 6.18 Å². The first-order chi connectivity index (χ1) is 6.73. The molecule has 0 spiro atoms. The summed E-state index contributed by atoms with van der Waals surface area (Å²) in [6.07, 6.45) is -4.68. The maximum absolute atomic E-state index is 13.2. The molecule has 1 rings (SSSR count). The van der Waals surface area contributed by atoms with Crippen molar-refractivity contribution >= 4 is 5.69 Å². The molecule has 84 valence electrons. The van der Waals surface area contributed by atoms with E-state index in [0.717, 1.165) is 6.07 Å². The summed E-state index contributed by atoms with van der Waals surface area (Å²) < 4.78 is 50.7. The molecule has 0 saturated heterocycles. The molecule has 0 atom stereocenters. The van der Waals surface area contributed by atoms with Gasteiger partial charge in [-0.05, 0) is 23.6 Å². The molecule has 0 saturated carbocycles. The summed E-state index contributed by atoms with van der Waals surface area (Å²) >= 11 is 0. The minimum absolute atomic E-state index is 0.00389. The van der Waals surface area contributed by atoms with Crippen LogP contribution < -0.4 is 5.73 Å². The Balaban J connectivity index is 3.48. The second-order valence-corrected chi connectivity index (χ2v) is 3.62. The first-order valence-electron chi connectivity index (χ1n) is 4.39. The molecule has 0 amide bonds. The molecule has 0 aliphatic carbocycles. The zero-order valence-electron chi connectivity index (χ0n) is 8.32. The van der Waals surface area contributed by atoms with E-state index >= 15 is 0 Å². The Morgan fingerprint density at radius 1 is 1.20 bits per heavy atom. The Morgan fingerprint density at radius 2 is 1.73 bits per heavy atom. The van der Waals surface area contributed by atoms with E-state index in [0.29, 0.717) is 6.07 Å². The van der Waals surface area contributed by atoms with Crippen LogP contribution in [0.15, 0.2) is 12.1 Å². The molecular weight excluding hydrogens is 210 g/mol. The van der Waals surface area contributed by atoms with Crippen LogP contribution in [0, 0.1) is 5.82 Å². The zero-order chi connectivity index (χ0) is 11.8. The molecule has 0 fully saturated rings. The Kier molecular flexibility index (Phi) is 2.93. The highest BCUT2D eigenvalue weighted by Gasteiger charge is 2.37. The molecule has 0 bridgehead atoms. The molecule has 15 heavy (non-hydrogen) atoms. The van der Waals surface area contributed by atoms with Crippen molar-refractivity contribution in [1.82, 2.24) is 0 Å². The smallest absolute Gasteiger partial charge is 0.399 e. The third-order valence-corrected chi connectivity index (χ3v) is 2.05. The van der Waals surface area contributed by atoms with Crippen LogP contribution in [-0.4, -0.2) is 0 Å². The fourth-order valence-electron chi connectivity index (χ4n) is 1.40. The third kappa shape index (κ3) is 2.40. The van der Waals surface area contributed by atoms with Crippen LogP contribution in [0.25, 0.3) is 0 Å². The highest BCUT2D eigenvalue weighted by molar-refractivity contribution is 5.47. The lowest BCUT2D eigenvalue weighted by molar-refractivity contribution is -0.140. The highest BCUT2D eigenvalue weighted by Crippen LogP contribution is 2.38. The summed E-state index contributed by atoms with van der Waals surface area (Å²) in [5.74, 6) is -1.74. The van der Waals surface area contributed by atoms with Gasteiger partial charge in [-0.1, -0.05) is 13.8 Å². The Labute approximate surface area is 84.9 Å². The Morgan fingerprint density at radius 3 is 2.13 bits per heavy atom. The van der Waals surface area contributed by atoms with Gasteiger partial charge in [0.15, 0.2) is 0 Å². The topological polar surface area (TPSA) is 26.0 Å². The Hall–Kier alpha value is -1.26. The number of halogens is 4. The number of nitrogen functional groups attached to an aromatic ring is 1. The van der Waals surface area contributed by atoms with Gasteiger partial charge < -0.3 is 5.73 Å². The van der Waals surface area contributed by atoms with E-state index < -0.39 is 23.5 Å². The van der Waals surface area contributed by atoms with Gasteiger partial charge in [0.1, 0.15) is 5.82 Å². The second-order valence-electron chi connectivity index (χ2n) is 3.62. The molecule has 1 aromatic carbocycles. The van der Waals surface area contributed by atoms with E-state index in [9.17, 15) is 17.6 Å². The summed E-state index contributed by atoms with van der Waals surface area (Å²) in [5, 5.41) is 0. The lowest BCUT2D eigenvalue weighted by Crippen LogP contribution is -2.13. The quantitative estimate of drug-likeness (QED) is 0.569. The van der Waals surface area contributed by atoms with Crippen molar-refractivity contribution in [2.45, 2.75) is 25.9 Å². The monoisotopic (exact) mass is 221 g/mol. The summed E-state index contributed by atoms with van der Waals surface area (Å²) in [6, 6.07) is 1.85. The fourth-order valence-corrected chi connectivity index (χ4v) is 1.40. The van der Waals surface area contributed by atoms with Gasteiger partial charge in [0.2, 0.25) is 0 Å². The van der Waals surface area contributed by atoms with E-state index in [4.69, 9.17) is 5.73 Å². The van der Waals surface area contributed by atoms with Crippen molar-refractivity contribution in [3.8, 4) is 0 Å². The van der Waals surface area contributed by atoms with E-state index in [2.05, 4.69) is 0 Å². The normalized spacial score (nSPS) is 12.2. The van der Waals surface area contributed by atoms with Gasteiger partial charge in [-0.3, -0.25) is 0 Å². The van der Waals surface area contributed by atoms with Crippen LogP contribution in [0.3, 0.4) is 0 Å². The first-order valence-corrected chi connectivity index (χ1v) is 4.39. The number of rotatable bonds is 1. The molecule has 1 nitrogen and oxygen atoms in total. The van der Waals surface area contributed by atoms with E-state index in [1.165, 1.54) is 0 Å². The van der Waals surface area contributed by atoms with Crippen molar-refractivity contribution in [2.24, 2.45) is 0 Å². The van der Waals surface area contributed by atoms with E-state index in [1.807, 2.05) is 0 Å². The lowest BCUT2D eigenvalue weighted by atomic mass is 9.95. The molecule has 1 aromatic rings. The standard InChI is InChI=1S/C10H11F4N/c1-5(2)7-3-6(15)4-8(11)9(7)10(12,13)14/h3-5H,15H2,1-2H3. The van der Waals surface area contributed by atoms with Gasteiger partial charge >= 0.3 is 6.18 Å². The molecule has 2 N–H and O–H groups in total. The van der Waals surface area contributed by atoms with E-state index in [-0.39, 0.29) is 11.3 Å². The molecule has 0 aliphatic heterocycles. The predicted octanol–water partition coefficient (Wildman–Crippen LogP) is 3.55. The Bertz CT molecular complexity index is 368. The van der Waals surface area contributed by atoms with Crippen LogP contribution >= 0.6 is 0 Å². The minimum atomic E-state index is -4.68. The number of benzene rings is 1. The van der Waals surface area contributed by atoms with Crippen molar-refractivity contribution in [2.75, 3.05) is 5.73 Å². The molecule has 0 aromatic heterocycles. The third-order valence-electron chi connectivity index (χ3n) is 2.05. The maximum Gasteiger partial charge on any atom is 0.419 e. The number of alkyl halides is 3. The predicted molar refractivity (Wildman–Crippen MR) is 49.9 cm³/mol. The zero-order valence-corrected chi connectivity index (χ0v) is 8.32. The van der Waals surface area contributed by atoms with Gasteiger partial charge in [-0.25, -0.2) is 4.39 Å².